The highest BCUT2D eigenvalue weighted by atomic mass is 19.1. The number of likely N-dealkylation sites (tertiary alicyclic amines) is 1. The number of nitrogens with zero attached hydrogens (tertiary/aromatic N) is 4. The van der Waals surface area contributed by atoms with Gasteiger partial charge in [-0.3, -0.25) is 19.5 Å². The summed E-state index contributed by atoms with van der Waals surface area (Å²) in [5.41, 5.74) is 1.28. The summed E-state index contributed by atoms with van der Waals surface area (Å²) in [5, 5.41) is 19.4. The predicted molar refractivity (Wildman–Crippen MR) is 161 cm³/mol. The van der Waals surface area contributed by atoms with Crippen LogP contribution in [0.3, 0.4) is 0 Å². The number of anilines is 1. The lowest BCUT2D eigenvalue weighted by Gasteiger charge is -2.23. The molecule has 226 valence electrons. The van der Waals surface area contributed by atoms with Gasteiger partial charge in [0.05, 0.1) is 42.3 Å². The summed E-state index contributed by atoms with van der Waals surface area (Å²) in [6, 6.07) is 13.7. The number of carboxylic acids is 1. The van der Waals surface area contributed by atoms with Gasteiger partial charge < -0.3 is 19.5 Å². The Morgan fingerprint density at radius 2 is 1.95 bits per heavy atom. The molecule has 1 amide bonds. The second kappa shape index (κ2) is 13.2. The number of methoxy groups -OCH3 is 1. The van der Waals surface area contributed by atoms with Gasteiger partial charge in [0.2, 0.25) is 0 Å². The molecule has 0 spiro atoms. The predicted octanol–water partition coefficient (Wildman–Crippen LogP) is 5.74. The lowest BCUT2D eigenvalue weighted by atomic mass is 9.93. The molecule has 43 heavy (non-hydrogen) atoms. The van der Waals surface area contributed by atoms with Crippen LogP contribution in [0.15, 0.2) is 48.7 Å². The fraction of sp³-hybridized carbons (Fsp3) is 0.394. The molecule has 1 unspecified atom stereocenters. The van der Waals surface area contributed by atoms with E-state index in [9.17, 15) is 24.3 Å². The van der Waals surface area contributed by atoms with Crippen molar-refractivity contribution >= 4 is 17.6 Å². The summed E-state index contributed by atoms with van der Waals surface area (Å²) in [6.07, 6.45) is 3.51. The molecule has 0 bridgehead atoms. The number of pyridine rings is 1. The van der Waals surface area contributed by atoms with E-state index in [1.54, 1.807) is 37.4 Å². The van der Waals surface area contributed by atoms with Crippen LogP contribution < -0.4 is 14.4 Å². The van der Waals surface area contributed by atoms with Crippen molar-refractivity contribution in [1.82, 2.24) is 9.88 Å². The minimum atomic E-state index is -1.73. The van der Waals surface area contributed by atoms with Crippen LogP contribution in [0.2, 0.25) is 0 Å². The fourth-order valence-corrected chi connectivity index (χ4v) is 5.37. The standard InChI is InChI=1S/C33H37FN4O5/c1-21-16-29(43-15-9-14-38-13-8-11-27(38)32(40)41)24(31(39)37(4)26-10-6-7-12-28(26)42-5)18-23(21)25-20-36-30(33(2,3)34)17-22(25)19-35/h6-7,10,12,16-18,20,27H,8-9,11,13-15H2,1-5H3,(H,40,41). The van der Waals surface area contributed by atoms with Crippen molar-refractivity contribution in [2.24, 2.45) is 0 Å². The molecule has 1 atom stereocenters. The molecular weight excluding hydrogens is 551 g/mol. The van der Waals surface area contributed by atoms with Gasteiger partial charge in [-0.2, -0.15) is 5.26 Å². The Balaban J connectivity index is 1.70. The highest BCUT2D eigenvalue weighted by molar-refractivity contribution is 6.09. The number of rotatable bonds is 11. The molecule has 4 rings (SSSR count). The lowest BCUT2D eigenvalue weighted by Crippen LogP contribution is -2.37. The Morgan fingerprint density at radius 1 is 1.21 bits per heavy atom. The van der Waals surface area contributed by atoms with Crippen LogP contribution in [0.5, 0.6) is 11.5 Å². The first-order valence-corrected chi connectivity index (χ1v) is 14.2. The number of halogens is 1. The van der Waals surface area contributed by atoms with Crippen LogP contribution in [0.4, 0.5) is 10.1 Å². The fourth-order valence-electron chi connectivity index (χ4n) is 5.37. The van der Waals surface area contributed by atoms with Crippen LogP contribution in [0.1, 0.15) is 60.3 Å². The molecule has 1 aliphatic heterocycles. The number of hydrogen-bond acceptors (Lipinski definition) is 7. The Kier molecular flexibility index (Phi) is 9.66. The van der Waals surface area contributed by atoms with E-state index in [1.807, 2.05) is 17.9 Å². The first kappa shape index (κ1) is 31.4. The molecule has 9 nitrogen and oxygen atoms in total. The molecular formula is C33H37FN4O5. The van der Waals surface area contributed by atoms with Crippen molar-refractivity contribution in [3.63, 3.8) is 0 Å². The number of carbonyl (C=O) groups excluding carboxylic acids is 1. The molecule has 1 fully saturated rings. The Morgan fingerprint density at radius 3 is 2.63 bits per heavy atom. The summed E-state index contributed by atoms with van der Waals surface area (Å²) in [7, 11) is 3.17. The van der Waals surface area contributed by atoms with E-state index < -0.39 is 17.7 Å². The number of aromatic nitrogens is 1. The quantitative estimate of drug-likeness (QED) is 0.282. The SMILES string of the molecule is COc1ccccc1N(C)C(=O)c1cc(-c2cnc(C(C)(C)F)cc2C#N)c(C)cc1OCCCN1CCCC1C(=O)O. The summed E-state index contributed by atoms with van der Waals surface area (Å²) in [6.45, 7) is 6.16. The van der Waals surface area contributed by atoms with Crippen molar-refractivity contribution in [3.05, 3.63) is 71.0 Å². The first-order chi connectivity index (χ1) is 20.5. The number of carbonyl (C=O) groups is 2. The Labute approximate surface area is 251 Å². The van der Waals surface area contributed by atoms with Crippen LogP contribution in [-0.2, 0) is 10.5 Å². The third kappa shape index (κ3) is 6.95. The number of ether oxygens (including phenoxy) is 2. The normalized spacial score (nSPS) is 15.1. The topological polar surface area (TPSA) is 116 Å². The van der Waals surface area contributed by atoms with Gasteiger partial charge in [0.25, 0.3) is 5.91 Å². The smallest absolute Gasteiger partial charge is 0.320 e. The van der Waals surface area contributed by atoms with E-state index in [-0.39, 0.29) is 29.3 Å². The molecule has 2 aromatic carbocycles. The zero-order valence-electron chi connectivity index (χ0n) is 25.2. The number of benzene rings is 2. The molecule has 1 N–H and O–H groups in total. The van der Waals surface area contributed by atoms with Gasteiger partial charge in [-0.15, -0.1) is 0 Å². The van der Waals surface area contributed by atoms with Crippen LogP contribution in [-0.4, -0.2) is 66.8 Å². The Hall–Kier alpha value is -4.49. The number of aliphatic carboxylic acids is 1. The monoisotopic (exact) mass is 588 g/mol. The average molecular weight is 589 g/mol. The molecule has 1 aliphatic rings. The minimum Gasteiger partial charge on any atom is -0.495 e. The van der Waals surface area contributed by atoms with Gasteiger partial charge >= 0.3 is 5.97 Å². The molecule has 2 heterocycles. The van der Waals surface area contributed by atoms with E-state index in [0.29, 0.717) is 47.7 Å². The third-order valence-corrected chi connectivity index (χ3v) is 7.73. The highest BCUT2D eigenvalue weighted by Gasteiger charge is 2.30. The summed E-state index contributed by atoms with van der Waals surface area (Å²) in [5.74, 6) is -0.297. The van der Waals surface area contributed by atoms with Gasteiger partial charge in [-0.1, -0.05) is 12.1 Å². The van der Waals surface area contributed by atoms with E-state index in [4.69, 9.17) is 9.47 Å². The number of hydrogen-bond donors (Lipinski definition) is 1. The summed E-state index contributed by atoms with van der Waals surface area (Å²) >= 11 is 0. The molecule has 0 radical (unpaired) electrons. The Bertz CT molecular complexity index is 1550. The number of alkyl halides is 1. The maximum Gasteiger partial charge on any atom is 0.320 e. The maximum absolute atomic E-state index is 14.6. The molecule has 1 aromatic heterocycles. The second-order valence-electron chi connectivity index (χ2n) is 11.1. The summed E-state index contributed by atoms with van der Waals surface area (Å²) < 4.78 is 26.2. The van der Waals surface area contributed by atoms with Gasteiger partial charge in [0.1, 0.15) is 23.2 Å². The molecule has 3 aromatic rings. The molecule has 1 saturated heterocycles. The molecule has 0 aliphatic carbocycles. The van der Waals surface area contributed by atoms with Crippen LogP contribution >= 0.6 is 0 Å². The highest BCUT2D eigenvalue weighted by Crippen LogP contribution is 2.36. The van der Waals surface area contributed by atoms with Crippen molar-refractivity contribution in [2.75, 3.05) is 38.8 Å². The number of aryl methyl sites for hydroxylation is 1. The van der Waals surface area contributed by atoms with E-state index >= 15 is 0 Å². The lowest BCUT2D eigenvalue weighted by molar-refractivity contribution is -0.142. The van der Waals surface area contributed by atoms with Crippen molar-refractivity contribution in [2.45, 2.75) is 51.7 Å². The largest absolute Gasteiger partial charge is 0.495 e. The van der Waals surface area contributed by atoms with E-state index in [2.05, 4.69) is 11.1 Å². The number of amides is 1. The number of carboxylic acid groups (broad SMARTS) is 1. The first-order valence-electron chi connectivity index (χ1n) is 14.2. The van der Waals surface area contributed by atoms with Gasteiger partial charge in [0, 0.05) is 25.4 Å². The second-order valence-corrected chi connectivity index (χ2v) is 11.1. The average Bonchev–Trinajstić information content (AvgIpc) is 3.47. The van der Waals surface area contributed by atoms with Crippen molar-refractivity contribution in [3.8, 4) is 28.7 Å². The van der Waals surface area contributed by atoms with Crippen molar-refractivity contribution < 1.29 is 28.6 Å². The zero-order chi connectivity index (χ0) is 31.3. The van der Waals surface area contributed by atoms with E-state index in [1.165, 1.54) is 38.1 Å². The van der Waals surface area contributed by atoms with Crippen LogP contribution in [0, 0.1) is 18.3 Å². The van der Waals surface area contributed by atoms with Gasteiger partial charge in [-0.05, 0) is 88.0 Å². The van der Waals surface area contributed by atoms with E-state index in [0.717, 1.165) is 18.5 Å². The number of para-hydroxylation sites is 2. The minimum absolute atomic E-state index is 0.140. The number of nitriles is 1. The van der Waals surface area contributed by atoms with Gasteiger partial charge in [-0.25, -0.2) is 4.39 Å². The molecule has 10 heteroatoms. The maximum atomic E-state index is 14.6. The zero-order valence-corrected chi connectivity index (χ0v) is 25.2. The third-order valence-electron chi connectivity index (χ3n) is 7.73. The van der Waals surface area contributed by atoms with Crippen molar-refractivity contribution in [1.29, 1.82) is 5.26 Å². The van der Waals surface area contributed by atoms with Gasteiger partial charge in [0.15, 0.2) is 0 Å². The molecule has 0 saturated carbocycles. The van der Waals surface area contributed by atoms with Crippen LogP contribution in [0.25, 0.3) is 11.1 Å². The summed E-state index contributed by atoms with van der Waals surface area (Å²) in [4.78, 5) is 33.3.